The van der Waals surface area contributed by atoms with Gasteiger partial charge < -0.3 is 5.32 Å². The second-order valence-electron chi connectivity index (χ2n) is 5.79. The molecule has 4 rings (SSSR count). The van der Waals surface area contributed by atoms with Gasteiger partial charge in [0.05, 0.1) is 17.1 Å². The first kappa shape index (κ1) is 18.6. The lowest BCUT2D eigenvalue weighted by Gasteiger charge is -2.06. The van der Waals surface area contributed by atoms with Gasteiger partial charge in [-0.25, -0.2) is 4.39 Å². The van der Waals surface area contributed by atoms with Crippen molar-refractivity contribution in [3.63, 3.8) is 0 Å². The molecule has 0 saturated carbocycles. The number of carbonyl (C=O) groups is 1. The molecule has 0 saturated heterocycles. The molecule has 0 spiro atoms. The van der Waals surface area contributed by atoms with E-state index in [1.165, 1.54) is 23.9 Å². The number of amides is 1. The molecule has 0 unspecified atom stereocenters. The molecule has 1 amide bonds. The van der Waals surface area contributed by atoms with E-state index in [0.29, 0.717) is 10.8 Å². The lowest BCUT2D eigenvalue weighted by atomic mass is 10.1. The molecule has 0 aliphatic rings. The average Bonchev–Trinajstić information content (AvgIpc) is 3.11. The van der Waals surface area contributed by atoms with E-state index in [4.69, 9.17) is 0 Å². The molecule has 0 aliphatic carbocycles. The van der Waals surface area contributed by atoms with E-state index in [0.717, 1.165) is 15.7 Å². The molecule has 0 radical (unpaired) electrons. The summed E-state index contributed by atoms with van der Waals surface area (Å²) in [5, 5.41) is 15.8. The number of benzene rings is 2. The van der Waals surface area contributed by atoms with E-state index < -0.39 is 5.82 Å². The van der Waals surface area contributed by atoms with Gasteiger partial charge in [0.25, 0.3) is 0 Å². The molecule has 140 valence electrons. The molecule has 6 nitrogen and oxygen atoms in total. The van der Waals surface area contributed by atoms with Crippen molar-refractivity contribution >= 4 is 44.9 Å². The number of thioether (sulfide) groups is 1. The number of hydrogen-bond acceptors (Lipinski definition) is 5. The maximum Gasteiger partial charge on any atom is 0.234 e. The summed E-state index contributed by atoms with van der Waals surface area (Å²) in [7, 11) is 0. The number of para-hydroxylation sites is 1. The molecule has 2 aromatic carbocycles. The topological polar surface area (TPSA) is 72.2 Å². The minimum atomic E-state index is -0.477. The van der Waals surface area contributed by atoms with Crippen LogP contribution in [-0.4, -0.2) is 31.5 Å². The first-order valence-corrected chi connectivity index (χ1v) is 10.0. The van der Waals surface area contributed by atoms with Crippen molar-refractivity contribution in [2.75, 3.05) is 11.1 Å². The Hall–Kier alpha value is -2.78. The highest BCUT2D eigenvalue weighted by Gasteiger charge is 2.13. The van der Waals surface area contributed by atoms with Crippen molar-refractivity contribution in [3.05, 3.63) is 71.0 Å². The standard InChI is InChI=1S/C19H13BrFN5OS/c20-13-7-5-12(6-8-13)15-9-10-17-23-24-19(26(17)25-15)28-11-18(27)22-16-4-2-1-3-14(16)21/h1-10H,11H2,(H,22,27). The highest BCUT2D eigenvalue weighted by molar-refractivity contribution is 9.10. The summed E-state index contributed by atoms with van der Waals surface area (Å²) < 4.78 is 16.2. The van der Waals surface area contributed by atoms with Crippen LogP contribution in [0.15, 0.2) is 70.3 Å². The molecule has 0 fully saturated rings. The Morgan fingerprint density at radius 3 is 2.64 bits per heavy atom. The maximum absolute atomic E-state index is 13.6. The fraction of sp³-hybridized carbons (Fsp3) is 0.0526. The Kier molecular flexibility index (Phi) is 5.36. The molecular formula is C19H13BrFN5OS. The van der Waals surface area contributed by atoms with E-state index in [1.54, 1.807) is 16.6 Å². The first-order chi connectivity index (χ1) is 13.6. The highest BCUT2D eigenvalue weighted by atomic mass is 79.9. The highest BCUT2D eigenvalue weighted by Crippen LogP contribution is 2.22. The van der Waals surface area contributed by atoms with Crippen LogP contribution >= 0.6 is 27.7 Å². The summed E-state index contributed by atoms with van der Waals surface area (Å²) >= 11 is 4.60. The lowest BCUT2D eigenvalue weighted by molar-refractivity contribution is -0.113. The molecule has 0 atom stereocenters. The van der Waals surface area contributed by atoms with Crippen LogP contribution in [0, 0.1) is 5.82 Å². The number of hydrogen-bond donors (Lipinski definition) is 1. The third-order valence-corrected chi connectivity index (χ3v) is 5.30. The second kappa shape index (κ2) is 8.07. The van der Waals surface area contributed by atoms with Crippen LogP contribution in [0.2, 0.25) is 0 Å². The van der Waals surface area contributed by atoms with Crippen molar-refractivity contribution < 1.29 is 9.18 Å². The van der Waals surface area contributed by atoms with Gasteiger partial charge in [0.2, 0.25) is 11.1 Å². The summed E-state index contributed by atoms with van der Waals surface area (Å²) in [6.45, 7) is 0. The summed E-state index contributed by atoms with van der Waals surface area (Å²) in [5.41, 5.74) is 2.44. The molecule has 2 aromatic heterocycles. The van der Waals surface area contributed by atoms with Crippen LogP contribution in [0.4, 0.5) is 10.1 Å². The Labute approximate surface area is 172 Å². The monoisotopic (exact) mass is 457 g/mol. The van der Waals surface area contributed by atoms with Crippen LogP contribution in [0.1, 0.15) is 0 Å². The SMILES string of the molecule is O=C(CSc1nnc2ccc(-c3ccc(Br)cc3)nn12)Nc1ccccc1F. The molecule has 1 N–H and O–H groups in total. The van der Waals surface area contributed by atoms with Crippen LogP contribution in [0.5, 0.6) is 0 Å². The number of aromatic nitrogens is 4. The van der Waals surface area contributed by atoms with Gasteiger partial charge in [0.15, 0.2) is 5.65 Å². The average molecular weight is 458 g/mol. The molecule has 9 heteroatoms. The zero-order chi connectivity index (χ0) is 19.5. The van der Waals surface area contributed by atoms with Crippen molar-refractivity contribution in [1.82, 2.24) is 19.8 Å². The fourth-order valence-corrected chi connectivity index (χ4v) is 3.46. The van der Waals surface area contributed by atoms with E-state index >= 15 is 0 Å². The Morgan fingerprint density at radius 1 is 1.07 bits per heavy atom. The van der Waals surface area contributed by atoms with Gasteiger partial charge in [-0.3, -0.25) is 4.79 Å². The predicted molar refractivity (Wildman–Crippen MR) is 110 cm³/mol. The van der Waals surface area contributed by atoms with Crippen molar-refractivity contribution in [2.45, 2.75) is 5.16 Å². The van der Waals surface area contributed by atoms with Crippen LogP contribution in [-0.2, 0) is 4.79 Å². The molecule has 4 aromatic rings. The number of nitrogens with one attached hydrogen (secondary N) is 1. The molecule has 28 heavy (non-hydrogen) atoms. The number of rotatable bonds is 5. The Morgan fingerprint density at radius 2 is 1.86 bits per heavy atom. The van der Waals surface area contributed by atoms with Crippen molar-refractivity contribution in [3.8, 4) is 11.3 Å². The summed E-state index contributed by atoms with van der Waals surface area (Å²) in [6.07, 6.45) is 0. The first-order valence-electron chi connectivity index (χ1n) is 8.26. The minimum Gasteiger partial charge on any atom is -0.323 e. The number of fused-ring (bicyclic) bond motifs is 1. The Bertz CT molecular complexity index is 1150. The minimum absolute atomic E-state index is 0.0549. The summed E-state index contributed by atoms with van der Waals surface area (Å²) in [4.78, 5) is 12.1. The largest absolute Gasteiger partial charge is 0.323 e. The lowest BCUT2D eigenvalue weighted by Crippen LogP contribution is -2.15. The zero-order valence-electron chi connectivity index (χ0n) is 14.3. The third kappa shape index (κ3) is 4.05. The van der Waals surface area contributed by atoms with E-state index in [9.17, 15) is 9.18 Å². The summed E-state index contributed by atoms with van der Waals surface area (Å²) in [5.74, 6) is -0.759. The van der Waals surface area contributed by atoms with Crippen molar-refractivity contribution in [1.29, 1.82) is 0 Å². The smallest absolute Gasteiger partial charge is 0.234 e. The normalized spacial score (nSPS) is 10.9. The zero-order valence-corrected chi connectivity index (χ0v) is 16.7. The van der Waals surface area contributed by atoms with E-state index in [2.05, 4.69) is 36.5 Å². The number of anilines is 1. The molecule has 0 aliphatic heterocycles. The van der Waals surface area contributed by atoms with Crippen LogP contribution < -0.4 is 5.32 Å². The van der Waals surface area contributed by atoms with E-state index in [-0.39, 0.29) is 17.3 Å². The second-order valence-corrected chi connectivity index (χ2v) is 7.65. The number of carbonyl (C=O) groups excluding carboxylic acids is 1. The number of halogens is 2. The third-order valence-electron chi connectivity index (χ3n) is 3.85. The van der Waals surface area contributed by atoms with Gasteiger partial charge in [0.1, 0.15) is 5.82 Å². The van der Waals surface area contributed by atoms with Gasteiger partial charge in [-0.15, -0.1) is 10.2 Å². The van der Waals surface area contributed by atoms with E-state index in [1.807, 2.05) is 36.4 Å². The predicted octanol–water partition coefficient (Wildman–Crippen LogP) is 4.42. The molecular weight excluding hydrogens is 445 g/mol. The van der Waals surface area contributed by atoms with Gasteiger partial charge in [-0.05, 0) is 36.4 Å². The quantitative estimate of drug-likeness (QED) is 0.449. The maximum atomic E-state index is 13.6. The summed E-state index contributed by atoms with van der Waals surface area (Å²) in [6, 6.07) is 17.5. The van der Waals surface area contributed by atoms with Crippen LogP contribution in [0.3, 0.4) is 0 Å². The molecule has 2 heterocycles. The van der Waals surface area contributed by atoms with Crippen molar-refractivity contribution in [2.24, 2.45) is 0 Å². The van der Waals surface area contributed by atoms with Gasteiger partial charge in [0, 0.05) is 10.0 Å². The Balaban J connectivity index is 1.51. The van der Waals surface area contributed by atoms with Gasteiger partial charge >= 0.3 is 0 Å². The van der Waals surface area contributed by atoms with Gasteiger partial charge in [-0.1, -0.05) is 52.0 Å². The molecule has 0 bridgehead atoms. The number of nitrogens with zero attached hydrogens (tertiary/aromatic N) is 4. The fourth-order valence-electron chi connectivity index (χ4n) is 2.51. The van der Waals surface area contributed by atoms with Gasteiger partial charge in [-0.2, -0.15) is 9.61 Å². The van der Waals surface area contributed by atoms with Crippen LogP contribution in [0.25, 0.3) is 16.9 Å².